The second-order valence-corrected chi connectivity index (χ2v) is 8.57. The number of aliphatic hydroxyl groups excluding tert-OH is 1. The van der Waals surface area contributed by atoms with Gasteiger partial charge in [0.2, 0.25) is 0 Å². The summed E-state index contributed by atoms with van der Waals surface area (Å²) in [6.07, 6.45) is 8.87. The van der Waals surface area contributed by atoms with Crippen molar-refractivity contribution in [3.8, 4) is 0 Å². The Morgan fingerprint density at radius 2 is 1.95 bits per heavy atom. The summed E-state index contributed by atoms with van der Waals surface area (Å²) in [5.74, 6) is 1.65. The maximum absolute atomic E-state index is 10.6. The monoisotopic (exact) mass is 290 g/mol. The molecule has 0 aromatic heterocycles. The summed E-state index contributed by atoms with van der Waals surface area (Å²) in [5, 5.41) is 10.6. The molecule has 2 aliphatic carbocycles. The van der Waals surface area contributed by atoms with Gasteiger partial charge in [0, 0.05) is 0 Å². The molecule has 21 heavy (non-hydrogen) atoms. The molecule has 120 valence electrons. The van der Waals surface area contributed by atoms with Crippen LogP contribution in [0.3, 0.4) is 0 Å². The molecule has 0 amide bonds. The molecular formula is C20H34O. The van der Waals surface area contributed by atoms with Gasteiger partial charge in [0.05, 0.1) is 6.10 Å². The van der Waals surface area contributed by atoms with Crippen LogP contribution in [0.25, 0.3) is 0 Å². The van der Waals surface area contributed by atoms with E-state index in [2.05, 4.69) is 40.9 Å². The highest BCUT2D eigenvalue weighted by atomic mass is 16.3. The molecule has 2 rings (SSSR count). The van der Waals surface area contributed by atoms with Gasteiger partial charge in [-0.15, -0.1) is 0 Å². The molecule has 0 aliphatic heterocycles. The van der Waals surface area contributed by atoms with Crippen molar-refractivity contribution >= 4 is 0 Å². The summed E-state index contributed by atoms with van der Waals surface area (Å²) in [5.41, 5.74) is 1.88. The predicted molar refractivity (Wildman–Crippen MR) is 91.1 cm³/mol. The third kappa shape index (κ3) is 2.99. The van der Waals surface area contributed by atoms with Gasteiger partial charge >= 0.3 is 0 Å². The van der Waals surface area contributed by atoms with E-state index in [0.29, 0.717) is 28.6 Å². The van der Waals surface area contributed by atoms with E-state index in [1.807, 2.05) is 6.08 Å². The van der Waals surface area contributed by atoms with Crippen molar-refractivity contribution in [2.24, 2.45) is 28.6 Å². The minimum absolute atomic E-state index is 0.137. The van der Waals surface area contributed by atoms with E-state index in [-0.39, 0.29) is 6.10 Å². The van der Waals surface area contributed by atoms with Crippen molar-refractivity contribution in [3.05, 3.63) is 24.8 Å². The average molecular weight is 290 g/mol. The number of aliphatic hydroxyl groups is 1. The van der Waals surface area contributed by atoms with Crippen molar-refractivity contribution in [1.82, 2.24) is 0 Å². The Balaban J connectivity index is 2.26. The highest BCUT2D eigenvalue weighted by Gasteiger charge is 2.55. The fourth-order valence-corrected chi connectivity index (χ4v) is 5.56. The predicted octanol–water partition coefficient (Wildman–Crippen LogP) is 5.36. The lowest BCUT2D eigenvalue weighted by Gasteiger charge is -2.60. The van der Waals surface area contributed by atoms with Gasteiger partial charge in [-0.1, -0.05) is 58.9 Å². The standard InChI is InChI=1S/C20H34O/c1-7-14(2)9-10-16-15(3)17(21)13-18-19(4,5)11-8-12-20(16,18)6/h7,15-18,21H,1-2,8-13H2,3-6H3/t15-,16+,17?,18?,20-/m0/s1. The Labute approximate surface area is 131 Å². The Kier molecular flexibility index (Phi) is 4.73. The number of rotatable bonds is 4. The number of hydrogen-bond acceptors (Lipinski definition) is 1. The van der Waals surface area contributed by atoms with E-state index in [9.17, 15) is 5.11 Å². The normalized spacial score (nSPS) is 42.1. The lowest BCUT2D eigenvalue weighted by atomic mass is 9.45. The zero-order chi connectivity index (χ0) is 15.8. The van der Waals surface area contributed by atoms with Gasteiger partial charge in [-0.2, -0.15) is 0 Å². The highest BCUT2D eigenvalue weighted by Crippen LogP contribution is 2.62. The number of allylic oxidation sites excluding steroid dienone is 2. The maximum atomic E-state index is 10.6. The average Bonchev–Trinajstić information content (AvgIpc) is 2.41. The molecule has 1 nitrogen and oxygen atoms in total. The molecule has 0 aromatic rings. The third-order valence-electron chi connectivity index (χ3n) is 6.91. The van der Waals surface area contributed by atoms with E-state index in [4.69, 9.17) is 0 Å². The summed E-state index contributed by atoms with van der Waals surface area (Å²) >= 11 is 0. The molecule has 0 bridgehead atoms. The van der Waals surface area contributed by atoms with Gasteiger partial charge in [-0.25, -0.2) is 0 Å². The zero-order valence-electron chi connectivity index (χ0n) is 14.5. The third-order valence-corrected chi connectivity index (χ3v) is 6.91. The van der Waals surface area contributed by atoms with E-state index in [0.717, 1.165) is 24.8 Å². The van der Waals surface area contributed by atoms with Gasteiger partial charge in [0.1, 0.15) is 0 Å². The molecule has 5 atom stereocenters. The molecule has 0 aromatic carbocycles. The molecule has 0 radical (unpaired) electrons. The highest BCUT2D eigenvalue weighted by molar-refractivity contribution is 5.12. The van der Waals surface area contributed by atoms with Crippen LogP contribution in [-0.2, 0) is 0 Å². The molecule has 1 heteroatoms. The Morgan fingerprint density at radius 1 is 1.29 bits per heavy atom. The molecule has 0 saturated heterocycles. The second kappa shape index (κ2) is 5.91. The van der Waals surface area contributed by atoms with E-state index in [1.54, 1.807) is 0 Å². The summed E-state index contributed by atoms with van der Waals surface area (Å²) in [6, 6.07) is 0. The fourth-order valence-electron chi connectivity index (χ4n) is 5.56. The second-order valence-electron chi connectivity index (χ2n) is 8.57. The Bertz CT molecular complexity index is 408. The molecule has 2 saturated carbocycles. The first-order valence-corrected chi connectivity index (χ1v) is 8.70. The summed E-state index contributed by atoms with van der Waals surface area (Å²) in [4.78, 5) is 0. The smallest absolute Gasteiger partial charge is 0.0571 e. The van der Waals surface area contributed by atoms with E-state index >= 15 is 0 Å². The topological polar surface area (TPSA) is 20.2 Å². The van der Waals surface area contributed by atoms with Crippen LogP contribution in [-0.4, -0.2) is 11.2 Å². The maximum Gasteiger partial charge on any atom is 0.0571 e. The van der Waals surface area contributed by atoms with Crippen LogP contribution in [0, 0.1) is 28.6 Å². The van der Waals surface area contributed by atoms with Gasteiger partial charge in [-0.3, -0.25) is 0 Å². The fraction of sp³-hybridized carbons (Fsp3) is 0.800. The summed E-state index contributed by atoms with van der Waals surface area (Å²) in [6.45, 7) is 17.5. The van der Waals surface area contributed by atoms with E-state index in [1.165, 1.54) is 19.3 Å². The van der Waals surface area contributed by atoms with Crippen LogP contribution in [0.1, 0.15) is 66.2 Å². The molecule has 2 aliphatic rings. The van der Waals surface area contributed by atoms with Gasteiger partial charge in [0.25, 0.3) is 0 Å². The van der Waals surface area contributed by atoms with Gasteiger partial charge in [0.15, 0.2) is 0 Å². The van der Waals surface area contributed by atoms with Crippen LogP contribution in [0.15, 0.2) is 24.8 Å². The van der Waals surface area contributed by atoms with Gasteiger partial charge in [-0.05, 0) is 60.7 Å². The van der Waals surface area contributed by atoms with Crippen molar-refractivity contribution < 1.29 is 5.11 Å². The Morgan fingerprint density at radius 3 is 2.57 bits per heavy atom. The van der Waals surface area contributed by atoms with Crippen molar-refractivity contribution in [3.63, 3.8) is 0 Å². The Hall–Kier alpha value is -0.560. The lowest BCUT2D eigenvalue weighted by molar-refractivity contribution is -0.141. The molecule has 0 heterocycles. The minimum atomic E-state index is -0.137. The first kappa shape index (κ1) is 16.8. The molecule has 0 spiro atoms. The van der Waals surface area contributed by atoms with Gasteiger partial charge < -0.3 is 5.11 Å². The van der Waals surface area contributed by atoms with Crippen LogP contribution >= 0.6 is 0 Å². The lowest BCUT2D eigenvalue weighted by Crippen LogP contribution is -2.55. The first-order chi connectivity index (χ1) is 9.72. The van der Waals surface area contributed by atoms with Crippen molar-refractivity contribution in [2.75, 3.05) is 0 Å². The van der Waals surface area contributed by atoms with E-state index < -0.39 is 0 Å². The molecule has 2 unspecified atom stereocenters. The van der Waals surface area contributed by atoms with Crippen LogP contribution in [0.4, 0.5) is 0 Å². The minimum Gasteiger partial charge on any atom is -0.393 e. The van der Waals surface area contributed by atoms with Crippen molar-refractivity contribution in [2.45, 2.75) is 72.3 Å². The number of fused-ring (bicyclic) bond motifs is 1. The number of hydrogen-bond donors (Lipinski definition) is 1. The molecule has 2 fully saturated rings. The molecular weight excluding hydrogens is 256 g/mol. The quantitative estimate of drug-likeness (QED) is 0.691. The first-order valence-electron chi connectivity index (χ1n) is 8.70. The molecule has 1 N–H and O–H groups in total. The zero-order valence-corrected chi connectivity index (χ0v) is 14.5. The summed E-state index contributed by atoms with van der Waals surface area (Å²) in [7, 11) is 0. The SMILES string of the molecule is C=CC(=C)CC[C@@H]1[C@H](C)C(O)CC2C(C)(C)CCC[C@]21C. The summed E-state index contributed by atoms with van der Waals surface area (Å²) < 4.78 is 0. The van der Waals surface area contributed by atoms with Crippen LogP contribution < -0.4 is 0 Å². The van der Waals surface area contributed by atoms with Crippen LogP contribution in [0.5, 0.6) is 0 Å². The van der Waals surface area contributed by atoms with Crippen LogP contribution in [0.2, 0.25) is 0 Å². The largest absolute Gasteiger partial charge is 0.393 e. The van der Waals surface area contributed by atoms with Crippen molar-refractivity contribution in [1.29, 1.82) is 0 Å².